The minimum atomic E-state index is -0.554. The number of benzene rings is 1. The molecule has 1 aromatic carbocycles. The van der Waals surface area contributed by atoms with Gasteiger partial charge in [0, 0.05) is 17.8 Å². The maximum atomic E-state index is 11.1. The highest BCUT2D eigenvalue weighted by atomic mass is 16.5. The molecule has 0 saturated carbocycles. The molecule has 1 heterocycles. The van der Waals surface area contributed by atoms with Crippen LogP contribution in [0.3, 0.4) is 0 Å². The third-order valence-electron chi connectivity index (χ3n) is 3.13. The van der Waals surface area contributed by atoms with Crippen molar-refractivity contribution >= 4 is 23.3 Å². The summed E-state index contributed by atoms with van der Waals surface area (Å²) in [5.41, 5.74) is 1.24. The number of ether oxygens (including phenoxy) is 4. The summed E-state index contributed by atoms with van der Waals surface area (Å²) in [6.07, 6.45) is 0.958. The number of aromatic nitrogens is 1. The monoisotopic (exact) mass is 333 g/mol. The molecule has 8 nitrogen and oxygen atoms in total. The first-order chi connectivity index (χ1) is 11.6. The first kappa shape index (κ1) is 17.2. The lowest BCUT2D eigenvalue weighted by Gasteiger charge is -2.15. The number of pyridine rings is 1. The minimum Gasteiger partial charge on any atom is -0.493 e. The Labute approximate surface area is 139 Å². The molecule has 2 N–H and O–H groups in total. The highest BCUT2D eigenvalue weighted by Gasteiger charge is 2.13. The summed E-state index contributed by atoms with van der Waals surface area (Å²) in [4.78, 5) is 15.4. The van der Waals surface area contributed by atoms with E-state index in [1.165, 1.54) is 13.3 Å². The Balaban J connectivity index is 2.20. The van der Waals surface area contributed by atoms with E-state index in [1.54, 1.807) is 45.6 Å². The average Bonchev–Trinajstić information content (AvgIpc) is 2.62. The summed E-state index contributed by atoms with van der Waals surface area (Å²) in [5, 5.41) is 5.65. The van der Waals surface area contributed by atoms with Crippen molar-refractivity contribution in [2.24, 2.45) is 0 Å². The van der Waals surface area contributed by atoms with Gasteiger partial charge in [-0.15, -0.1) is 0 Å². The fourth-order valence-electron chi connectivity index (χ4n) is 2.01. The van der Waals surface area contributed by atoms with Crippen molar-refractivity contribution in [2.75, 3.05) is 39.1 Å². The smallest absolute Gasteiger partial charge is 0.411 e. The zero-order chi connectivity index (χ0) is 17.5. The Hall–Kier alpha value is -3.16. The third kappa shape index (κ3) is 3.97. The molecule has 0 radical (unpaired) electrons. The van der Waals surface area contributed by atoms with Gasteiger partial charge in [0.2, 0.25) is 5.75 Å². The van der Waals surface area contributed by atoms with Crippen LogP contribution in [0.25, 0.3) is 0 Å². The zero-order valence-corrected chi connectivity index (χ0v) is 13.9. The van der Waals surface area contributed by atoms with Crippen LogP contribution in [0.15, 0.2) is 30.5 Å². The summed E-state index contributed by atoms with van der Waals surface area (Å²) in [6.45, 7) is 0. The fraction of sp³-hybridized carbons (Fsp3) is 0.250. The van der Waals surface area contributed by atoms with Crippen LogP contribution in [-0.4, -0.2) is 39.5 Å². The molecule has 0 unspecified atom stereocenters. The number of nitrogens with one attached hydrogen (secondary N) is 2. The highest BCUT2D eigenvalue weighted by molar-refractivity contribution is 5.84. The molecule has 2 rings (SSSR count). The van der Waals surface area contributed by atoms with Crippen molar-refractivity contribution in [1.29, 1.82) is 0 Å². The topological polar surface area (TPSA) is 90.9 Å². The van der Waals surface area contributed by atoms with Gasteiger partial charge in [-0.2, -0.15) is 0 Å². The SMILES string of the molecule is COC(=O)Nc1ccc(Nc2cc(OC)c(OC)c(OC)c2)nc1. The van der Waals surface area contributed by atoms with Crippen LogP contribution >= 0.6 is 0 Å². The first-order valence-electron chi connectivity index (χ1n) is 6.99. The van der Waals surface area contributed by atoms with E-state index < -0.39 is 6.09 Å². The van der Waals surface area contributed by atoms with Crippen molar-refractivity contribution in [3.05, 3.63) is 30.5 Å². The van der Waals surface area contributed by atoms with Gasteiger partial charge in [0.1, 0.15) is 5.82 Å². The minimum absolute atomic E-state index is 0.510. The second-order valence-corrected chi connectivity index (χ2v) is 4.59. The molecular formula is C16H19N3O5. The van der Waals surface area contributed by atoms with Gasteiger partial charge in [-0.05, 0) is 12.1 Å². The van der Waals surface area contributed by atoms with Crippen LogP contribution in [0, 0.1) is 0 Å². The summed E-state index contributed by atoms with van der Waals surface area (Å²) in [7, 11) is 5.93. The van der Waals surface area contributed by atoms with Gasteiger partial charge in [0.25, 0.3) is 0 Å². The van der Waals surface area contributed by atoms with E-state index >= 15 is 0 Å². The average molecular weight is 333 g/mol. The van der Waals surface area contributed by atoms with Crippen LogP contribution < -0.4 is 24.8 Å². The standard InChI is InChI=1S/C16H19N3O5/c1-21-12-7-11(8-13(22-2)15(12)23-3)18-14-6-5-10(9-17-14)19-16(20)24-4/h5-9H,1-4H3,(H,17,18)(H,19,20). The van der Waals surface area contributed by atoms with Gasteiger partial charge < -0.3 is 24.3 Å². The lowest BCUT2D eigenvalue weighted by atomic mass is 10.2. The zero-order valence-electron chi connectivity index (χ0n) is 13.9. The molecule has 128 valence electrons. The van der Waals surface area contributed by atoms with Gasteiger partial charge in [-0.3, -0.25) is 5.32 Å². The number of methoxy groups -OCH3 is 4. The molecule has 24 heavy (non-hydrogen) atoms. The van der Waals surface area contributed by atoms with Crippen molar-refractivity contribution in [3.63, 3.8) is 0 Å². The molecule has 1 amide bonds. The molecule has 2 aromatic rings. The van der Waals surface area contributed by atoms with Gasteiger partial charge in [-0.1, -0.05) is 0 Å². The van der Waals surface area contributed by atoms with Gasteiger partial charge in [0.05, 0.1) is 40.3 Å². The van der Waals surface area contributed by atoms with Gasteiger partial charge in [-0.25, -0.2) is 9.78 Å². The van der Waals surface area contributed by atoms with E-state index in [2.05, 4.69) is 20.4 Å². The van der Waals surface area contributed by atoms with E-state index in [9.17, 15) is 4.79 Å². The molecule has 0 aliphatic carbocycles. The lowest BCUT2D eigenvalue weighted by molar-refractivity contribution is 0.187. The number of rotatable bonds is 6. The Morgan fingerprint density at radius 1 is 0.958 bits per heavy atom. The Kier molecular flexibility index (Phi) is 5.67. The number of amides is 1. The van der Waals surface area contributed by atoms with Crippen LogP contribution in [0.4, 0.5) is 22.0 Å². The number of anilines is 3. The second kappa shape index (κ2) is 7.91. The van der Waals surface area contributed by atoms with Crippen molar-refractivity contribution < 1.29 is 23.7 Å². The molecule has 0 atom stereocenters. The predicted molar refractivity (Wildman–Crippen MR) is 89.6 cm³/mol. The maximum Gasteiger partial charge on any atom is 0.411 e. The summed E-state index contributed by atoms with van der Waals surface area (Å²) >= 11 is 0. The third-order valence-corrected chi connectivity index (χ3v) is 3.13. The summed E-state index contributed by atoms with van der Waals surface area (Å²) in [6, 6.07) is 6.95. The molecule has 0 spiro atoms. The molecule has 0 fully saturated rings. The van der Waals surface area contributed by atoms with Crippen molar-refractivity contribution in [3.8, 4) is 17.2 Å². The Morgan fingerprint density at radius 2 is 1.62 bits per heavy atom. The molecular weight excluding hydrogens is 314 g/mol. The lowest BCUT2D eigenvalue weighted by Crippen LogP contribution is -2.11. The molecule has 0 aliphatic heterocycles. The van der Waals surface area contributed by atoms with E-state index in [0.29, 0.717) is 34.4 Å². The van der Waals surface area contributed by atoms with Crippen LogP contribution in [0.2, 0.25) is 0 Å². The van der Waals surface area contributed by atoms with E-state index in [-0.39, 0.29) is 0 Å². The fourth-order valence-corrected chi connectivity index (χ4v) is 2.01. The molecule has 0 saturated heterocycles. The quantitative estimate of drug-likeness (QED) is 0.839. The summed E-state index contributed by atoms with van der Waals surface area (Å²) < 4.78 is 20.4. The summed E-state index contributed by atoms with van der Waals surface area (Å²) in [5.74, 6) is 2.16. The van der Waals surface area contributed by atoms with Crippen LogP contribution in [-0.2, 0) is 4.74 Å². The van der Waals surface area contributed by atoms with E-state index in [0.717, 1.165) is 0 Å². The number of nitrogens with zero attached hydrogens (tertiary/aromatic N) is 1. The molecule has 0 aliphatic rings. The molecule has 8 heteroatoms. The Bertz CT molecular complexity index is 678. The van der Waals surface area contributed by atoms with E-state index in [1.807, 2.05) is 0 Å². The highest BCUT2D eigenvalue weighted by Crippen LogP contribution is 2.40. The van der Waals surface area contributed by atoms with Crippen LogP contribution in [0.5, 0.6) is 17.2 Å². The number of carbonyl (C=O) groups is 1. The molecule has 1 aromatic heterocycles. The van der Waals surface area contributed by atoms with Gasteiger partial charge in [0.15, 0.2) is 11.5 Å². The van der Waals surface area contributed by atoms with E-state index in [4.69, 9.17) is 14.2 Å². The molecule has 0 bridgehead atoms. The number of hydrogen-bond donors (Lipinski definition) is 2. The largest absolute Gasteiger partial charge is 0.493 e. The van der Waals surface area contributed by atoms with Crippen molar-refractivity contribution in [2.45, 2.75) is 0 Å². The normalized spacial score (nSPS) is 9.83. The number of carbonyl (C=O) groups excluding carboxylic acids is 1. The van der Waals surface area contributed by atoms with Crippen molar-refractivity contribution in [1.82, 2.24) is 4.98 Å². The maximum absolute atomic E-state index is 11.1. The Morgan fingerprint density at radius 3 is 2.08 bits per heavy atom. The first-order valence-corrected chi connectivity index (χ1v) is 6.99. The van der Waals surface area contributed by atoms with Gasteiger partial charge >= 0.3 is 6.09 Å². The van der Waals surface area contributed by atoms with Crippen LogP contribution in [0.1, 0.15) is 0 Å². The number of hydrogen-bond acceptors (Lipinski definition) is 7. The predicted octanol–water partition coefficient (Wildman–Crippen LogP) is 3.03. The second-order valence-electron chi connectivity index (χ2n) is 4.59.